The van der Waals surface area contributed by atoms with Crippen LogP contribution in [0, 0.1) is 5.82 Å². The van der Waals surface area contributed by atoms with Crippen LogP contribution in [0.25, 0.3) is 5.82 Å². The summed E-state index contributed by atoms with van der Waals surface area (Å²) in [4.78, 5) is 15.8. The molecule has 1 amide bonds. The molecule has 6 nitrogen and oxygen atoms in total. The van der Waals surface area contributed by atoms with Crippen molar-refractivity contribution in [2.24, 2.45) is 0 Å². The maximum Gasteiger partial charge on any atom is 0.416 e. The van der Waals surface area contributed by atoms with Gasteiger partial charge in [-0.1, -0.05) is 5.21 Å². The van der Waals surface area contributed by atoms with E-state index in [0.29, 0.717) is 29.6 Å². The lowest BCUT2D eigenvalue weighted by Crippen LogP contribution is -2.29. The van der Waals surface area contributed by atoms with Crippen molar-refractivity contribution >= 4 is 5.91 Å². The summed E-state index contributed by atoms with van der Waals surface area (Å²) >= 11 is 0. The van der Waals surface area contributed by atoms with Gasteiger partial charge in [0, 0.05) is 13.1 Å². The SMILES string of the molecule is CC(=O)N[C@H]1CCCc2c1nnn2-c1cc(Cc2cc(F)cc(C(F)(F)F)c2)ccn1. The Kier molecular flexibility index (Phi) is 5.47. The van der Waals surface area contributed by atoms with Gasteiger partial charge in [0.05, 0.1) is 17.3 Å². The number of benzene rings is 1. The molecule has 1 aliphatic rings. The molecular formula is C21H19F4N5O. The van der Waals surface area contributed by atoms with Crippen LogP contribution in [0.4, 0.5) is 17.6 Å². The van der Waals surface area contributed by atoms with Gasteiger partial charge < -0.3 is 5.32 Å². The summed E-state index contributed by atoms with van der Waals surface area (Å²) in [7, 11) is 0. The monoisotopic (exact) mass is 433 g/mol. The third kappa shape index (κ3) is 4.57. The number of rotatable bonds is 4. The van der Waals surface area contributed by atoms with E-state index in [4.69, 9.17) is 0 Å². The first-order chi connectivity index (χ1) is 14.7. The number of hydrogen-bond donors (Lipinski definition) is 1. The number of halogens is 4. The van der Waals surface area contributed by atoms with E-state index in [0.717, 1.165) is 30.7 Å². The Bertz CT molecular complexity index is 1130. The molecule has 3 aromatic rings. The van der Waals surface area contributed by atoms with Gasteiger partial charge in [0.25, 0.3) is 0 Å². The Balaban J connectivity index is 1.63. The molecule has 1 N–H and O–H groups in total. The number of amides is 1. The zero-order valence-corrected chi connectivity index (χ0v) is 16.6. The molecule has 0 saturated heterocycles. The maximum atomic E-state index is 13.7. The van der Waals surface area contributed by atoms with Crippen LogP contribution in [0.5, 0.6) is 0 Å². The molecule has 0 radical (unpaired) electrons. The quantitative estimate of drug-likeness (QED) is 0.633. The molecule has 0 bridgehead atoms. The summed E-state index contributed by atoms with van der Waals surface area (Å²) in [5.41, 5.74) is 1.36. The highest BCUT2D eigenvalue weighted by Crippen LogP contribution is 2.31. The Morgan fingerprint density at radius 2 is 2.03 bits per heavy atom. The van der Waals surface area contributed by atoms with E-state index in [2.05, 4.69) is 20.6 Å². The molecule has 0 saturated carbocycles. The average molecular weight is 433 g/mol. The van der Waals surface area contributed by atoms with Crippen molar-refractivity contribution in [1.29, 1.82) is 0 Å². The van der Waals surface area contributed by atoms with Gasteiger partial charge in [0.15, 0.2) is 5.82 Å². The molecule has 1 aliphatic carbocycles. The summed E-state index contributed by atoms with van der Waals surface area (Å²) in [6.07, 6.45) is -0.680. The molecule has 31 heavy (non-hydrogen) atoms. The highest BCUT2D eigenvalue weighted by atomic mass is 19.4. The number of hydrogen-bond acceptors (Lipinski definition) is 4. The fraction of sp³-hybridized carbons (Fsp3) is 0.333. The van der Waals surface area contributed by atoms with E-state index >= 15 is 0 Å². The first-order valence-electron chi connectivity index (χ1n) is 9.74. The lowest BCUT2D eigenvalue weighted by molar-refractivity contribution is -0.137. The third-order valence-corrected chi connectivity index (χ3v) is 5.13. The number of nitrogens with one attached hydrogen (secondary N) is 1. The largest absolute Gasteiger partial charge is 0.416 e. The van der Waals surface area contributed by atoms with Gasteiger partial charge in [0.2, 0.25) is 5.91 Å². The molecule has 10 heteroatoms. The molecule has 2 heterocycles. The van der Waals surface area contributed by atoms with E-state index in [-0.39, 0.29) is 23.9 Å². The second-order valence-corrected chi connectivity index (χ2v) is 7.52. The second kappa shape index (κ2) is 8.09. The van der Waals surface area contributed by atoms with Crippen LogP contribution in [0.3, 0.4) is 0 Å². The van der Waals surface area contributed by atoms with Crippen molar-refractivity contribution in [3.63, 3.8) is 0 Å². The van der Waals surface area contributed by atoms with Crippen LogP contribution in [0.15, 0.2) is 36.5 Å². The van der Waals surface area contributed by atoms with Crippen LogP contribution in [-0.4, -0.2) is 25.9 Å². The smallest absolute Gasteiger partial charge is 0.348 e. The molecule has 2 aromatic heterocycles. The van der Waals surface area contributed by atoms with Crippen molar-refractivity contribution < 1.29 is 22.4 Å². The van der Waals surface area contributed by atoms with Crippen molar-refractivity contribution in [3.8, 4) is 5.82 Å². The molecule has 1 atom stereocenters. The van der Waals surface area contributed by atoms with Gasteiger partial charge in [-0.3, -0.25) is 4.79 Å². The van der Waals surface area contributed by atoms with E-state index in [1.807, 2.05) is 0 Å². The minimum Gasteiger partial charge on any atom is -0.348 e. The number of carbonyl (C=O) groups is 1. The molecule has 4 rings (SSSR count). The highest BCUT2D eigenvalue weighted by Gasteiger charge is 2.31. The fourth-order valence-corrected chi connectivity index (χ4v) is 3.84. The van der Waals surface area contributed by atoms with E-state index in [9.17, 15) is 22.4 Å². The van der Waals surface area contributed by atoms with E-state index in [1.165, 1.54) is 13.1 Å². The van der Waals surface area contributed by atoms with Gasteiger partial charge >= 0.3 is 6.18 Å². The standard InChI is InChI=1S/C21H19F4N5O/c1-12(31)27-17-3-2-4-18-20(17)28-29-30(18)19-10-13(5-6-26-19)7-14-8-15(21(23,24)25)11-16(22)9-14/h5-6,8-11,17H,2-4,7H2,1H3,(H,27,31)/t17-/m0/s1. The van der Waals surface area contributed by atoms with Crippen molar-refractivity contribution in [3.05, 3.63) is 70.4 Å². The van der Waals surface area contributed by atoms with Crippen LogP contribution in [-0.2, 0) is 23.8 Å². The van der Waals surface area contributed by atoms with Crippen molar-refractivity contribution in [2.45, 2.75) is 44.8 Å². The summed E-state index contributed by atoms with van der Waals surface area (Å²) in [6, 6.07) is 5.64. The molecule has 162 valence electrons. The second-order valence-electron chi connectivity index (χ2n) is 7.52. The topological polar surface area (TPSA) is 72.7 Å². The fourth-order valence-electron chi connectivity index (χ4n) is 3.84. The summed E-state index contributed by atoms with van der Waals surface area (Å²) < 4.78 is 54.3. The van der Waals surface area contributed by atoms with Gasteiger partial charge in [-0.05, 0) is 67.1 Å². The van der Waals surface area contributed by atoms with E-state index < -0.39 is 17.6 Å². The Labute approximate surface area is 175 Å². The van der Waals surface area contributed by atoms with Crippen LogP contribution in [0.1, 0.15) is 53.9 Å². The zero-order chi connectivity index (χ0) is 22.2. The molecular weight excluding hydrogens is 414 g/mol. The Morgan fingerprint density at radius 1 is 1.23 bits per heavy atom. The lowest BCUT2D eigenvalue weighted by Gasteiger charge is -2.21. The minimum atomic E-state index is -4.62. The lowest BCUT2D eigenvalue weighted by atomic mass is 9.96. The highest BCUT2D eigenvalue weighted by molar-refractivity contribution is 5.73. The van der Waals surface area contributed by atoms with Crippen molar-refractivity contribution in [2.75, 3.05) is 0 Å². The first-order valence-corrected chi connectivity index (χ1v) is 9.74. The van der Waals surface area contributed by atoms with Gasteiger partial charge in [0.1, 0.15) is 11.5 Å². The molecule has 0 aliphatic heterocycles. The van der Waals surface area contributed by atoms with Gasteiger partial charge in [-0.25, -0.2) is 9.37 Å². The van der Waals surface area contributed by atoms with Crippen molar-refractivity contribution in [1.82, 2.24) is 25.3 Å². The van der Waals surface area contributed by atoms with Crippen LogP contribution >= 0.6 is 0 Å². The normalized spacial score (nSPS) is 16.1. The number of pyridine rings is 1. The van der Waals surface area contributed by atoms with Gasteiger partial charge in [-0.2, -0.15) is 17.9 Å². The number of alkyl halides is 3. The number of fused-ring (bicyclic) bond motifs is 1. The Hall–Kier alpha value is -3.30. The summed E-state index contributed by atoms with van der Waals surface area (Å²) in [5, 5.41) is 11.3. The number of nitrogens with zero attached hydrogens (tertiary/aromatic N) is 4. The Morgan fingerprint density at radius 3 is 2.77 bits per heavy atom. The summed E-state index contributed by atoms with van der Waals surface area (Å²) in [6.45, 7) is 1.44. The molecule has 0 fully saturated rings. The molecule has 0 unspecified atom stereocenters. The van der Waals surface area contributed by atoms with Crippen LogP contribution in [0.2, 0.25) is 0 Å². The summed E-state index contributed by atoms with van der Waals surface area (Å²) in [5.74, 6) is -0.628. The predicted octanol–water partition coefficient (Wildman–Crippen LogP) is 3.92. The van der Waals surface area contributed by atoms with E-state index in [1.54, 1.807) is 16.8 Å². The predicted molar refractivity (Wildman–Crippen MR) is 103 cm³/mol. The first kappa shape index (κ1) is 21.0. The zero-order valence-electron chi connectivity index (χ0n) is 16.6. The average Bonchev–Trinajstić information content (AvgIpc) is 3.12. The maximum absolute atomic E-state index is 13.7. The minimum absolute atomic E-state index is 0.0990. The van der Waals surface area contributed by atoms with Gasteiger partial charge in [-0.15, -0.1) is 5.10 Å². The van der Waals surface area contributed by atoms with Crippen LogP contribution < -0.4 is 5.32 Å². The third-order valence-electron chi connectivity index (χ3n) is 5.13. The number of carbonyl (C=O) groups excluding carboxylic acids is 1. The molecule has 1 aromatic carbocycles. The molecule has 0 spiro atoms. The number of aromatic nitrogens is 4.